The summed E-state index contributed by atoms with van der Waals surface area (Å²) in [6, 6.07) is 0.839. The molecule has 1 aliphatic carbocycles. The zero-order valence-corrected chi connectivity index (χ0v) is 8.91. The van der Waals surface area contributed by atoms with Crippen LogP contribution in [-0.4, -0.2) is 24.1 Å². The quantitative estimate of drug-likeness (QED) is 0.720. The Morgan fingerprint density at radius 1 is 1.42 bits per heavy atom. The van der Waals surface area contributed by atoms with Crippen LogP contribution < -0.4 is 5.32 Å². The van der Waals surface area contributed by atoms with E-state index in [9.17, 15) is 0 Å². The molecule has 1 heterocycles. The van der Waals surface area contributed by atoms with Crippen LogP contribution in [-0.2, 0) is 0 Å². The highest BCUT2D eigenvalue weighted by Gasteiger charge is 2.45. The van der Waals surface area contributed by atoms with E-state index in [1.165, 1.54) is 30.9 Å². The number of rotatable bonds is 4. The molecule has 0 amide bonds. The lowest BCUT2D eigenvalue weighted by Crippen LogP contribution is -2.43. The summed E-state index contributed by atoms with van der Waals surface area (Å²) in [5.41, 5.74) is 0.695. The Hall–Kier alpha value is 0.310. The van der Waals surface area contributed by atoms with Crippen molar-refractivity contribution >= 4 is 11.8 Å². The normalized spacial score (nSPS) is 27.2. The molecule has 0 atom stereocenters. The Morgan fingerprint density at radius 2 is 2.08 bits per heavy atom. The standard InChI is InChI=1S/C10H19NS/c1-8(2)10(3-4-10)7-11-9-5-12-6-9/h8-9,11H,3-7H2,1-2H3. The Balaban J connectivity index is 1.71. The van der Waals surface area contributed by atoms with Gasteiger partial charge in [-0.05, 0) is 24.2 Å². The van der Waals surface area contributed by atoms with Gasteiger partial charge in [-0.2, -0.15) is 11.8 Å². The minimum Gasteiger partial charge on any atom is -0.312 e. The Morgan fingerprint density at radius 3 is 2.42 bits per heavy atom. The van der Waals surface area contributed by atoms with Crippen molar-refractivity contribution in [2.24, 2.45) is 11.3 Å². The lowest BCUT2D eigenvalue weighted by Gasteiger charge is -2.29. The lowest BCUT2D eigenvalue weighted by atomic mass is 9.92. The summed E-state index contributed by atoms with van der Waals surface area (Å²) >= 11 is 2.06. The molecule has 0 aromatic carbocycles. The summed E-state index contributed by atoms with van der Waals surface area (Å²) in [6.45, 7) is 6.00. The summed E-state index contributed by atoms with van der Waals surface area (Å²) in [6.07, 6.45) is 2.91. The predicted octanol–water partition coefficient (Wildman–Crippen LogP) is 2.13. The van der Waals surface area contributed by atoms with Gasteiger partial charge in [0, 0.05) is 24.1 Å². The molecule has 1 N–H and O–H groups in total. The second-order valence-electron chi connectivity index (χ2n) is 4.63. The van der Waals surface area contributed by atoms with Gasteiger partial charge in [-0.25, -0.2) is 0 Å². The largest absolute Gasteiger partial charge is 0.312 e. The molecule has 0 spiro atoms. The molecule has 1 nitrogen and oxygen atoms in total. The van der Waals surface area contributed by atoms with Crippen LogP contribution in [0.2, 0.25) is 0 Å². The maximum Gasteiger partial charge on any atom is 0.0249 e. The first kappa shape index (κ1) is 8.89. The molecule has 1 saturated heterocycles. The van der Waals surface area contributed by atoms with Crippen LogP contribution in [0.1, 0.15) is 26.7 Å². The van der Waals surface area contributed by atoms with Gasteiger partial charge in [0.1, 0.15) is 0 Å². The fourth-order valence-electron chi connectivity index (χ4n) is 1.82. The van der Waals surface area contributed by atoms with Crippen LogP contribution in [0.5, 0.6) is 0 Å². The van der Waals surface area contributed by atoms with Crippen molar-refractivity contribution in [1.29, 1.82) is 0 Å². The highest BCUT2D eigenvalue weighted by Crippen LogP contribution is 2.51. The first-order chi connectivity index (χ1) is 5.73. The van der Waals surface area contributed by atoms with Gasteiger partial charge in [-0.1, -0.05) is 13.8 Å². The van der Waals surface area contributed by atoms with Crippen LogP contribution in [0.15, 0.2) is 0 Å². The van der Waals surface area contributed by atoms with E-state index in [4.69, 9.17) is 0 Å². The molecule has 1 saturated carbocycles. The third-order valence-corrected chi connectivity index (χ3v) is 4.77. The summed E-state index contributed by atoms with van der Waals surface area (Å²) in [5.74, 6) is 3.56. The van der Waals surface area contributed by atoms with E-state index in [1.807, 2.05) is 0 Å². The predicted molar refractivity (Wildman–Crippen MR) is 55.6 cm³/mol. The Kier molecular flexibility index (Phi) is 2.39. The van der Waals surface area contributed by atoms with Crippen molar-refractivity contribution in [3.8, 4) is 0 Å². The highest BCUT2D eigenvalue weighted by molar-refractivity contribution is 8.00. The summed E-state index contributed by atoms with van der Waals surface area (Å²) in [4.78, 5) is 0. The van der Waals surface area contributed by atoms with Crippen molar-refractivity contribution in [1.82, 2.24) is 5.32 Å². The molecule has 2 aliphatic rings. The molecule has 0 aromatic heterocycles. The summed E-state index contributed by atoms with van der Waals surface area (Å²) in [7, 11) is 0. The number of hydrogen-bond acceptors (Lipinski definition) is 2. The molecule has 0 bridgehead atoms. The zero-order chi connectivity index (χ0) is 8.60. The SMILES string of the molecule is CC(C)C1(CNC2CSC2)CC1. The smallest absolute Gasteiger partial charge is 0.0249 e. The van der Waals surface area contributed by atoms with Crippen LogP contribution in [0.25, 0.3) is 0 Å². The van der Waals surface area contributed by atoms with Crippen LogP contribution in [0, 0.1) is 11.3 Å². The number of hydrogen-bond donors (Lipinski definition) is 1. The van der Waals surface area contributed by atoms with E-state index in [2.05, 4.69) is 30.9 Å². The van der Waals surface area contributed by atoms with Crippen LogP contribution in [0.4, 0.5) is 0 Å². The third kappa shape index (κ3) is 1.64. The average molecular weight is 185 g/mol. The molecular formula is C10H19NS. The number of nitrogens with one attached hydrogen (secondary N) is 1. The monoisotopic (exact) mass is 185 g/mol. The summed E-state index contributed by atoms with van der Waals surface area (Å²) < 4.78 is 0. The molecule has 2 heteroatoms. The second kappa shape index (κ2) is 3.22. The first-order valence-corrected chi connectivity index (χ1v) is 6.19. The van der Waals surface area contributed by atoms with Crippen molar-refractivity contribution < 1.29 is 0 Å². The fraction of sp³-hybridized carbons (Fsp3) is 1.00. The third-order valence-electron chi connectivity index (χ3n) is 3.50. The fourth-order valence-corrected chi connectivity index (χ4v) is 2.53. The molecule has 0 unspecified atom stereocenters. The molecule has 1 aliphatic heterocycles. The molecular weight excluding hydrogens is 166 g/mol. The lowest BCUT2D eigenvalue weighted by molar-refractivity contribution is 0.327. The van der Waals surface area contributed by atoms with E-state index in [1.54, 1.807) is 0 Å². The first-order valence-electron chi connectivity index (χ1n) is 5.04. The topological polar surface area (TPSA) is 12.0 Å². The van der Waals surface area contributed by atoms with Crippen molar-refractivity contribution in [2.75, 3.05) is 18.1 Å². The van der Waals surface area contributed by atoms with E-state index in [0.29, 0.717) is 5.41 Å². The zero-order valence-electron chi connectivity index (χ0n) is 8.10. The van der Waals surface area contributed by atoms with E-state index in [-0.39, 0.29) is 0 Å². The van der Waals surface area contributed by atoms with E-state index >= 15 is 0 Å². The molecule has 0 aromatic rings. The molecule has 2 rings (SSSR count). The van der Waals surface area contributed by atoms with Crippen molar-refractivity contribution in [2.45, 2.75) is 32.7 Å². The van der Waals surface area contributed by atoms with Gasteiger partial charge < -0.3 is 5.32 Å². The van der Waals surface area contributed by atoms with Gasteiger partial charge in [-0.15, -0.1) is 0 Å². The maximum absolute atomic E-state index is 3.68. The second-order valence-corrected chi connectivity index (χ2v) is 5.71. The Labute approximate surface area is 79.7 Å². The Bertz CT molecular complexity index is 159. The van der Waals surface area contributed by atoms with Gasteiger partial charge in [0.05, 0.1) is 0 Å². The minimum absolute atomic E-state index is 0.695. The van der Waals surface area contributed by atoms with Crippen molar-refractivity contribution in [3.63, 3.8) is 0 Å². The maximum atomic E-state index is 3.68. The van der Waals surface area contributed by atoms with Gasteiger partial charge in [0.15, 0.2) is 0 Å². The van der Waals surface area contributed by atoms with E-state index in [0.717, 1.165) is 12.0 Å². The summed E-state index contributed by atoms with van der Waals surface area (Å²) in [5, 5.41) is 3.68. The van der Waals surface area contributed by atoms with Gasteiger partial charge >= 0.3 is 0 Å². The molecule has 2 fully saturated rings. The van der Waals surface area contributed by atoms with Crippen LogP contribution in [0.3, 0.4) is 0 Å². The van der Waals surface area contributed by atoms with Gasteiger partial charge in [0.2, 0.25) is 0 Å². The van der Waals surface area contributed by atoms with Crippen molar-refractivity contribution in [3.05, 3.63) is 0 Å². The molecule has 0 radical (unpaired) electrons. The molecule has 12 heavy (non-hydrogen) atoms. The average Bonchev–Trinajstić information content (AvgIpc) is 2.65. The highest BCUT2D eigenvalue weighted by atomic mass is 32.2. The van der Waals surface area contributed by atoms with Gasteiger partial charge in [0.25, 0.3) is 0 Å². The van der Waals surface area contributed by atoms with Crippen LogP contribution >= 0.6 is 11.8 Å². The van der Waals surface area contributed by atoms with Gasteiger partial charge in [-0.3, -0.25) is 0 Å². The molecule has 70 valence electrons. The minimum atomic E-state index is 0.695. The van der Waals surface area contributed by atoms with E-state index < -0.39 is 0 Å². The number of thioether (sulfide) groups is 1.